The minimum absolute atomic E-state index is 0.0565. The summed E-state index contributed by atoms with van der Waals surface area (Å²) in [5, 5.41) is 0. The summed E-state index contributed by atoms with van der Waals surface area (Å²) in [7, 11) is 1.24. The van der Waals surface area contributed by atoms with E-state index in [0.717, 1.165) is 0 Å². The van der Waals surface area contributed by atoms with Crippen molar-refractivity contribution < 1.29 is 18.3 Å². The van der Waals surface area contributed by atoms with Crippen LogP contribution in [0.4, 0.5) is 8.78 Å². The fourth-order valence-corrected chi connectivity index (χ4v) is 1.47. The number of alkyl halides is 2. The van der Waals surface area contributed by atoms with Gasteiger partial charge in [-0.1, -0.05) is 0 Å². The predicted octanol–water partition coefficient (Wildman–Crippen LogP) is 1.50. The quantitative estimate of drug-likeness (QED) is 0.815. The molecule has 0 unspecified atom stereocenters. The Balaban J connectivity index is 3.15. The number of nitrogens with zero attached hydrogens (tertiary/aromatic N) is 1. The number of esters is 1. The maximum atomic E-state index is 12.7. The molecule has 0 bridgehead atoms. The third-order valence-electron chi connectivity index (χ3n) is 2.42. The van der Waals surface area contributed by atoms with Gasteiger partial charge in [-0.05, 0) is 18.6 Å². The first kappa shape index (κ1) is 13.5. The second-order valence-corrected chi connectivity index (χ2v) is 3.53. The zero-order valence-electron chi connectivity index (χ0n) is 9.67. The molecule has 0 spiro atoms. The molecule has 0 saturated carbocycles. The SMILES string of the molecule is COC(=O)Cc1cc(C(F)F)c(CN)nc1C. The molecule has 6 heteroatoms. The number of methoxy groups -OCH3 is 1. The second kappa shape index (κ2) is 5.67. The lowest BCUT2D eigenvalue weighted by Gasteiger charge is -2.11. The molecule has 0 aliphatic heterocycles. The molecule has 1 aromatic rings. The van der Waals surface area contributed by atoms with Crippen LogP contribution in [0.1, 0.15) is 28.9 Å². The van der Waals surface area contributed by atoms with Crippen LogP contribution >= 0.6 is 0 Å². The standard InChI is InChI=1S/C11H14F2N2O2/c1-6-7(4-10(16)17-2)3-8(11(12)13)9(5-14)15-6/h3,11H,4-5,14H2,1-2H3. The molecule has 0 saturated heterocycles. The number of ether oxygens (including phenoxy) is 1. The van der Waals surface area contributed by atoms with Gasteiger partial charge in [0.2, 0.25) is 0 Å². The van der Waals surface area contributed by atoms with Gasteiger partial charge >= 0.3 is 5.97 Å². The van der Waals surface area contributed by atoms with Crippen molar-refractivity contribution in [1.29, 1.82) is 0 Å². The Morgan fingerprint density at radius 1 is 1.59 bits per heavy atom. The van der Waals surface area contributed by atoms with Gasteiger partial charge in [-0.25, -0.2) is 8.78 Å². The van der Waals surface area contributed by atoms with E-state index in [-0.39, 0.29) is 24.2 Å². The first-order valence-corrected chi connectivity index (χ1v) is 5.04. The average Bonchev–Trinajstić information content (AvgIpc) is 2.30. The van der Waals surface area contributed by atoms with Gasteiger partial charge in [0.05, 0.1) is 19.2 Å². The molecule has 0 radical (unpaired) electrons. The Kier molecular flexibility index (Phi) is 4.51. The normalized spacial score (nSPS) is 10.7. The molecule has 94 valence electrons. The largest absolute Gasteiger partial charge is 0.469 e. The van der Waals surface area contributed by atoms with E-state index in [2.05, 4.69) is 9.72 Å². The molecular formula is C11H14F2N2O2. The van der Waals surface area contributed by atoms with Crippen LogP contribution in [0.25, 0.3) is 0 Å². The summed E-state index contributed by atoms with van der Waals surface area (Å²) >= 11 is 0. The van der Waals surface area contributed by atoms with E-state index in [1.807, 2.05) is 0 Å². The molecule has 0 fully saturated rings. The molecule has 2 N–H and O–H groups in total. The zero-order valence-corrected chi connectivity index (χ0v) is 9.67. The Morgan fingerprint density at radius 3 is 2.71 bits per heavy atom. The van der Waals surface area contributed by atoms with E-state index in [1.54, 1.807) is 6.92 Å². The number of aryl methyl sites for hydroxylation is 1. The highest BCUT2D eigenvalue weighted by Gasteiger charge is 2.17. The molecule has 4 nitrogen and oxygen atoms in total. The maximum Gasteiger partial charge on any atom is 0.310 e. The molecule has 0 aromatic carbocycles. The highest BCUT2D eigenvalue weighted by atomic mass is 19.3. The van der Waals surface area contributed by atoms with Crippen molar-refractivity contribution in [1.82, 2.24) is 4.98 Å². The summed E-state index contributed by atoms with van der Waals surface area (Å²) in [5.41, 5.74) is 6.23. The number of hydrogen-bond donors (Lipinski definition) is 1. The number of nitrogens with two attached hydrogens (primary N) is 1. The van der Waals surface area contributed by atoms with Crippen molar-refractivity contribution in [2.75, 3.05) is 7.11 Å². The number of hydrogen-bond acceptors (Lipinski definition) is 4. The van der Waals surface area contributed by atoms with Gasteiger partial charge in [0.25, 0.3) is 6.43 Å². The Hall–Kier alpha value is -1.56. The number of carbonyl (C=O) groups excluding carboxylic acids is 1. The molecule has 0 aliphatic carbocycles. The highest BCUT2D eigenvalue weighted by Crippen LogP contribution is 2.24. The molecular weight excluding hydrogens is 230 g/mol. The smallest absolute Gasteiger partial charge is 0.310 e. The third kappa shape index (κ3) is 3.20. The number of halogens is 2. The molecule has 0 aliphatic rings. The van der Waals surface area contributed by atoms with Crippen molar-refractivity contribution in [2.24, 2.45) is 5.73 Å². The van der Waals surface area contributed by atoms with Crippen LogP contribution in [-0.4, -0.2) is 18.1 Å². The van der Waals surface area contributed by atoms with E-state index in [0.29, 0.717) is 11.3 Å². The van der Waals surface area contributed by atoms with Crippen molar-refractivity contribution in [3.63, 3.8) is 0 Å². The highest BCUT2D eigenvalue weighted by molar-refractivity contribution is 5.72. The van der Waals surface area contributed by atoms with Crippen molar-refractivity contribution in [3.8, 4) is 0 Å². The molecule has 1 aromatic heterocycles. The zero-order chi connectivity index (χ0) is 13.0. The van der Waals surface area contributed by atoms with Gasteiger partial charge in [0.15, 0.2) is 0 Å². The van der Waals surface area contributed by atoms with E-state index in [4.69, 9.17) is 5.73 Å². The topological polar surface area (TPSA) is 65.2 Å². The van der Waals surface area contributed by atoms with Gasteiger partial charge < -0.3 is 10.5 Å². The number of aromatic nitrogens is 1. The van der Waals surface area contributed by atoms with Crippen LogP contribution in [0.3, 0.4) is 0 Å². The van der Waals surface area contributed by atoms with Crippen LogP contribution < -0.4 is 5.73 Å². The summed E-state index contributed by atoms with van der Waals surface area (Å²) in [5.74, 6) is -0.490. The maximum absolute atomic E-state index is 12.7. The van der Waals surface area contributed by atoms with Crippen LogP contribution in [0.2, 0.25) is 0 Å². The van der Waals surface area contributed by atoms with E-state index >= 15 is 0 Å². The van der Waals surface area contributed by atoms with Gasteiger partial charge in [-0.15, -0.1) is 0 Å². The van der Waals surface area contributed by atoms with Crippen molar-refractivity contribution in [3.05, 3.63) is 28.6 Å². The van der Waals surface area contributed by atoms with E-state index in [1.165, 1.54) is 13.2 Å². The van der Waals surface area contributed by atoms with Gasteiger partial charge in [-0.2, -0.15) is 0 Å². The van der Waals surface area contributed by atoms with Crippen molar-refractivity contribution >= 4 is 5.97 Å². The fourth-order valence-electron chi connectivity index (χ4n) is 1.47. The molecule has 0 atom stereocenters. The van der Waals surface area contributed by atoms with Gasteiger partial charge in [0, 0.05) is 17.8 Å². The third-order valence-corrected chi connectivity index (χ3v) is 2.42. The summed E-state index contributed by atoms with van der Waals surface area (Å²) < 4.78 is 30.0. The molecule has 1 rings (SSSR count). The Labute approximate surface area is 97.8 Å². The summed E-state index contributed by atoms with van der Waals surface area (Å²) in [6.45, 7) is 1.59. The molecule has 0 amide bonds. The molecule has 17 heavy (non-hydrogen) atoms. The van der Waals surface area contributed by atoms with Gasteiger partial charge in [0.1, 0.15) is 0 Å². The van der Waals surface area contributed by atoms with Crippen LogP contribution in [0, 0.1) is 6.92 Å². The number of pyridine rings is 1. The lowest BCUT2D eigenvalue weighted by atomic mass is 10.1. The summed E-state index contributed by atoms with van der Waals surface area (Å²) in [6, 6.07) is 1.27. The van der Waals surface area contributed by atoms with Crippen LogP contribution in [-0.2, 0) is 22.5 Å². The van der Waals surface area contributed by atoms with Crippen LogP contribution in [0.15, 0.2) is 6.07 Å². The second-order valence-electron chi connectivity index (χ2n) is 3.53. The lowest BCUT2D eigenvalue weighted by molar-refractivity contribution is -0.139. The monoisotopic (exact) mass is 244 g/mol. The van der Waals surface area contributed by atoms with E-state index in [9.17, 15) is 13.6 Å². The fraction of sp³-hybridized carbons (Fsp3) is 0.455. The summed E-state index contributed by atoms with van der Waals surface area (Å²) in [4.78, 5) is 15.1. The minimum Gasteiger partial charge on any atom is -0.469 e. The number of carbonyl (C=O) groups is 1. The minimum atomic E-state index is -2.65. The first-order chi connectivity index (χ1) is 7.99. The van der Waals surface area contributed by atoms with E-state index < -0.39 is 12.4 Å². The van der Waals surface area contributed by atoms with Crippen molar-refractivity contribution in [2.45, 2.75) is 26.3 Å². The lowest BCUT2D eigenvalue weighted by Crippen LogP contribution is -2.12. The van der Waals surface area contributed by atoms with Crippen LogP contribution in [0.5, 0.6) is 0 Å². The Bertz CT molecular complexity index is 422. The average molecular weight is 244 g/mol. The summed E-state index contributed by atoms with van der Waals surface area (Å²) in [6.07, 6.45) is -2.72. The molecule has 1 heterocycles. The van der Waals surface area contributed by atoms with Gasteiger partial charge in [-0.3, -0.25) is 9.78 Å². The predicted molar refractivity (Wildman–Crippen MR) is 57.5 cm³/mol. The first-order valence-electron chi connectivity index (χ1n) is 5.04. The number of rotatable bonds is 4. The Morgan fingerprint density at radius 2 is 2.24 bits per heavy atom.